The van der Waals surface area contributed by atoms with Gasteiger partial charge in [0.1, 0.15) is 17.8 Å². The minimum atomic E-state index is -0.0812. The number of ether oxygens (including phenoxy) is 1. The smallest absolute Gasteiger partial charge is 0.242 e. The van der Waals surface area contributed by atoms with E-state index in [-0.39, 0.29) is 18.5 Å². The number of nitrogens with zero attached hydrogens (tertiary/aromatic N) is 3. The third-order valence-electron chi connectivity index (χ3n) is 4.01. The molecule has 0 saturated heterocycles. The topological polar surface area (TPSA) is 69.0 Å². The van der Waals surface area contributed by atoms with Gasteiger partial charge in [-0.2, -0.15) is 0 Å². The minimum Gasteiger partial charge on any atom is -0.493 e. The number of carbonyl (C=O) groups excluding carboxylic acids is 1. The first-order chi connectivity index (χ1) is 11.3. The molecule has 0 aliphatic carbocycles. The van der Waals surface area contributed by atoms with Crippen LogP contribution in [0.3, 0.4) is 0 Å². The van der Waals surface area contributed by atoms with Crippen molar-refractivity contribution in [1.82, 2.24) is 20.3 Å². The fraction of sp³-hybridized carbons (Fsp3) is 0.235. The van der Waals surface area contributed by atoms with E-state index in [9.17, 15) is 4.79 Å². The summed E-state index contributed by atoms with van der Waals surface area (Å²) >= 11 is 0. The molecule has 0 saturated carbocycles. The Morgan fingerprint density at radius 1 is 1.22 bits per heavy atom. The van der Waals surface area contributed by atoms with Crippen molar-refractivity contribution in [3.8, 4) is 5.75 Å². The predicted octanol–water partition coefficient (Wildman–Crippen LogP) is 2.07. The average Bonchev–Trinajstić information content (AvgIpc) is 2.98. The maximum atomic E-state index is 12.4. The molecule has 0 bridgehead atoms. The second kappa shape index (κ2) is 5.72. The summed E-state index contributed by atoms with van der Waals surface area (Å²) in [5, 5.41) is 11.2. The normalized spacial score (nSPS) is 16.6. The van der Waals surface area contributed by atoms with E-state index in [2.05, 4.69) is 15.6 Å². The number of aromatic nitrogens is 3. The summed E-state index contributed by atoms with van der Waals surface area (Å²) in [5.41, 5.74) is 2.67. The molecule has 2 aromatic carbocycles. The van der Waals surface area contributed by atoms with Crippen LogP contribution in [0.1, 0.15) is 18.0 Å². The van der Waals surface area contributed by atoms with Crippen LogP contribution in [0, 0.1) is 0 Å². The lowest BCUT2D eigenvalue weighted by atomic mass is 10.0. The van der Waals surface area contributed by atoms with Gasteiger partial charge in [-0.1, -0.05) is 35.5 Å². The Morgan fingerprint density at radius 3 is 3.00 bits per heavy atom. The lowest BCUT2D eigenvalue weighted by molar-refractivity contribution is -0.122. The van der Waals surface area contributed by atoms with Crippen molar-refractivity contribution >= 4 is 16.9 Å². The highest BCUT2D eigenvalue weighted by Crippen LogP contribution is 2.31. The molecule has 1 atom stereocenters. The molecule has 0 spiro atoms. The molecule has 116 valence electrons. The van der Waals surface area contributed by atoms with Gasteiger partial charge in [0.05, 0.1) is 18.2 Å². The Labute approximate surface area is 133 Å². The van der Waals surface area contributed by atoms with Gasteiger partial charge in [-0.25, -0.2) is 4.68 Å². The second-order valence-corrected chi connectivity index (χ2v) is 5.53. The van der Waals surface area contributed by atoms with Crippen molar-refractivity contribution in [2.75, 3.05) is 6.61 Å². The number of hydrogen-bond donors (Lipinski definition) is 1. The van der Waals surface area contributed by atoms with E-state index in [0.717, 1.165) is 28.8 Å². The molecule has 4 rings (SSSR count). The lowest BCUT2D eigenvalue weighted by Crippen LogP contribution is -2.34. The fourth-order valence-electron chi connectivity index (χ4n) is 2.90. The van der Waals surface area contributed by atoms with Gasteiger partial charge in [0.2, 0.25) is 5.91 Å². The number of nitrogens with one attached hydrogen (secondary N) is 1. The van der Waals surface area contributed by atoms with Crippen molar-refractivity contribution in [3.05, 3.63) is 54.1 Å². The summed E-state index contributed by atoms with van der Waals surface area (Å²) in [4.78, 5) is 12.4. The molecule has 0 radical (unpaired) electrons. The van der Waals surface area contributed by atoms with Gasteiger partial charge in [-0.3, -0.25) is 4.79 Å². The molecule has 3 aromatic rings. The van der Waals surface area contributed by atoms with Gasteiger partial charge in [0.15, 0.2) is 0 Å². The zero-order chi connectivity index (χ0) is 15.6. The minimum absolute atomic E-state index is 0.0257. The third-order valence-corrected chi connectivity index (χ3v) is 4.01. The Kier molecular flexibility index (Phi) is 3.42. The summed E-state index contributed by atoms with van der Waals surface area (Å²) in [6, 6.07) is 15.4. The summed E-state index contributed by atoms with van der Waals surface area (Å²) in [6.07, 6.45) is 0.765. The van der Waals surface area contributed by atoms with Gasteiger partial charge in [0.25, 0.3) is 0 Å². The van der Waals surface area contributed by atoms with Crippen molar-refractivity contribution in [2.24, 2.45) is 0 Å². The summed E-state index contributed by atoms with van der Waals surface area (Å²) in [7, 11) is 0. The molecule has 0 unspecified atom stereocenters. The number of hydrogen-bond acceptors (Lipinski definition) is 4. The van der Waals surface area contributed by atoms with E-state index in [0.29, 0.717) is 6.61 Å². The fourth-order valence-corrected chi connectivity index (χ4v) is 2.90. The molecule has 0 fully saturated rings. The van der Waals surface area contributed by atoms with Crippen LogP contribution in [-0.4, -0.2) is 27.5 Å². The monoisotopic (exact) mass is 308 g/mol. The molecule has 23 heavy (non-hydrogen) atoms. The number of carbonyl (C=O) groups is 1. The van der Waals surface area contributed by atoms with Gasteiger partial charge in [0, 0.05) is 12.0 Å². The number of para-hydroxylation sites is 2. The Balaban J connectivity index is 1.51. The quantitative estimate of drug-likeness (QED) is 0.804. The predicted molar refractivity (Wildman–Crippen MR) is 85.0 cm³/mol. The summed E-state index contributed by atoms with van der Waals surface area (Å²) in [6.45, 7) is 0.758. The number of fused-ring (bicyclic) bond motifs is 2. The molecule has 6 nitrogen and oxygen atoms in total. The van der Waals surface area contributed by atoms with E-state index < -0.39 is 0 Å². The van der Waals surface area contributed by atoms with Gasteiger partial charge in [-0.15, -0.1) is 5.10 Å². The first kappa shape index (κ1) is 13.8. The van der Waals surface area contributed by atoms with Crippen molar-refractivity contribution < 1.29 is 9.53 Å². The standard InChI is InChI=1S/C17H16N4O2/c22-17(11-21-15-7-3-2-6-14(15)19-20-21)18-13-9-10-23-16-8-4-1-5-12(13)16/h1-8,13H,9-11H2,(H,18,22)/t13-/m0/s1. The molecular weight excluding hydrogens is 292 g/mol. The van der Waals surface area contributed by atoms with Crippen molar-refractivity contribution in [2.45, 2.75) is 19.0 Å². The van der Waals surface area contributed by atoms with Gasteiger partial charge < -0.3 is 10.1 Å². The maximum absolute atomic E-state index is 12.4. The van der Waals surface area contributed by atoms with Crippen LogP contribution in [-0.2, 0) is 11.3 Å². The van der Waals surface area contributed by atoms with Crippen LogP contribution >= 0.6 is 0 Å². The van der Waals surface area contributed by atoms with E-state index >= 15 is 0 Å². The Bertz CT molecular complexity index is 858. The average molecular weight is 308 g/mol. The molecule has 1 aromatic heterocycles. The SMILES string of the molecule is O=C(Cn1nnc2ccccc21)N[C@H]1CCOc2ccccc21. The van der Waals surface area contributed by atoms with E-state index in [1.165, 1.54) is 0 Å². The molecule has 6 heteroatoms. The van der Waals surface area contributed by atoms with Crippen molar-refractivity contribution in [3.63, 3.8) is 0 Å². The molecule has 1 N–H and O–H groups in total. The highest BCUT2D eigenvalue weighted by molar-refractivity contribution is 5.80. The molecule has 1 amide bonds. The number of benzene rings is 2. The Morgan fingerprint density at radius 2 is 2.04 bits per heavy atom. The number of amides is 1. The zero-order valence-corrected chi connectivity index (χ0v) is 12.5. The number of rotatable bonds is 3. The molecule has 2 heterocycles. The highest BCUT2D eigenvalue weighted by atomic mass is 16.5. The highest BCUT2D eigenvalue weighted by Gasteiger charge is 2.22. The Hall–Kier alpha value is -2.89. The summed E-state index contributed by atoms with van der Waals surface area (Å²) in [5.74, 6) is 0.762. The lowest BCUT2D eigenvalue weighted by Gasteiger charge is -2.26. The van der Waals surface area contributed by atoms with E-state index in [1.54, 1.807) is 4.68 Å². The first-order valence-electron chi connectivity index (χ1n) is 7.60. The van der Waals surface area contributed by atoms with E-state index in [4.69, 9.17) is 4.74 Å². The van der Waals surface area contributed by atoms with E-state index in [1.807, 2.05) is 48.5 Å². The molecule has 1 aliphatic rings. The zero-order valence-electron chi connectivity index (χ0n) is 12.5. The van der Waals surface area contributed by atoms with Crippen LogP contribution in [0.2, 0.25) is 0 Å². The maximum Gasteiger partial charge on any atom is 0.242 e. The van der Waals surface area contributed by atoms with Crippen LogP contribution in [0.4, 0.5) is 0 Å². The second-order valence-electron chi connectivity index (χ2n) is 5.53. The van der Waals surface area contributed by atoms with Crippen LogP contribution in [0.15, 0.2) is 48.5 Å². The van der Waals surface area contributed by atoms with Crippen LogP contribution in [0.5, 0.6) is 5.75 Å². The van der Waals surface area contributed by atoms with Crippen LogP contribution in [0.25, 0.3) is 11.0 Å². The van der Waals surface area contributed by atoms with Gasteiger partial charge in [-0.05, 0) is 18.2 Å². The third kappa shape index (κ3) is 2.63. The van der Waals surface area contributed by atoms with Crippen molar-refractivity contribution in [1.29, 1.82) is 0 Å². The first-order valence-corrected chi connectivity index (χ1v) is 7.60. The molecule has 1 aliphatic heterocycles. The summed E-state index contributed by atoms with van der Waals surface area (Å²) < 4.78 is 7.24. The molecular formula is C17H16N4O2. The van der Waals surface area contributed by atoms with Gasteiger partial charge >= 0.3 is 0 Å². The van der Waals surface area contributed by atoms with Crippen LogP contribution < -0.4 is 10.1 Å². The largest absolute Gasteiger partial charge is 0.493 e.